The summed E-state index contributed by atoms with van der Waals surface area (Å²) < 4.78 is 2.87. The molecule has 0 saturated carbocycles. The molecule has 1 aromatic heterocycles. The van der Waals surface area contributed by atoms with Gasteiger partial charge in [0.2, 0.25) is 0 Å². The van der Waals surface area contributed by atoms with Crippen molar-refractivity contribution in [2.45, 2.75) is 20.3 Å². The van der Waals surface area contributed by atoms with Crippen LogP contribution in [0, 0.1) is 6.92 Å². The summed E-state index contributed by atoms with van der Waals surface area (Å²) in [6, 6.07) is 19.9. The lowest BCUT2D eigenvalue weighted by molar-refractivity contribution is -0.133. The zero-order chi connectivity index (χ0) is 25.1. The maximum atomic E-state index is 13.2. The van der Waals surface area contributed by atoms with Crippen LogP contribution in [0.3, 0.4) is 0 Å². The Hall–Kier alpha value is -3.43. The quantitative estimate of drug-likeness (QED) is 0.246. The van der Waals surface area contributed by atoms with Crippen molar-refractivity contribution < 1.29 is 14.4 Å². The number of aryl methyl sites for hydroxylation is 2. The lowest BCUT2D eigenvalue weighted by Gasteiger charge is -2.14. The number of anilines is 2. The van der Waals surface area contributed by atoms with Gasteiger partial charge in [-0.1, -0.05) is 47.1 Å². The molecule has 7 nitrogen and oxygen atoms in total. The Kier molecular flexibility index (Phi) is 7.37. The summed E-state index contributed by atoms with van der Waals surface area (Å²) >= 11 is 6.89. The van der Waals surface area contributed by atoms with Gasteiger partial charge in [-0.25, -0.2) is 4.68 Å². The van der Waals surface area contributed by atoms with Crippen LogP contribution in [-0.4, -0.2) is 22.4 Å². The highest BCUT2D eigenvalue weighted by molar-refractivity contribution is 9.10. The van der Waals surface area contributed by atoms with Gasteiger partial charge in [-0.2, -0.15) is 0 Å². The van der Waals surface area contributed by atoms with Crippen LogP contribution in [0.15, 0.2) is 75.7 Å². The van der Waals surface area contributed by atoms with Gasteiger partial charge in [0.15, 0.2) is 0 Å². The molecule has 0 saturated heterocycles. The topological polar surface area (TPSA) is 92.2 Å². The Morgan fingerprint density at radius 1 is 0.857 bits per heavy atom. The summed E-state index contributed by atoms with van der Waals surface area (Å²) in [6.07, 6.45) is 0.702. The van der Waals surface area contributed by atoms with Crippen LogP contribution in [0.5, 0.6) is 0 Å². The third kappa shape index (κ3) is 5.47. The van der Waals surface area contributed by atoms with Crippen molar-refractivity contribution in [3.05, 3.63) is 92.5 Å². The van der Waals surface area contributed by atoms with E-state index in [4.69, 9.17) is 0 Å². The van der Waals surface area contributed by atoms with Crippen LogP contribution in [-0.2, 0) is 16.0 Å². The molecule has 4 rings (SSSR count). The van der Waals surface area contributed by atoms with Crippen LogP contribution in [0.2, 0.25) is 0 Å². The Morgan fingerprint density at radius 3 is 2.37 bits per heavy atom. The molecule has 3 N–H and O–H groups in total. The lowest BCUT2D eigenvalue weighted by Crippen LogP contribution is -2.36. The first-order chi connectivity index (χ1) is 16.8. The molecule has 0 unspecified atom stereocenters. The first kappa shape index (κ1) is 24.7. The number of para-hydroxylation sites is 1. The smallest absolute Gasteiger partial charge is 0.320 e. The summed E-state index contributed by atoms with van der Waals surface area (Å²) in [6.45, 7) is 3.91. The summed E-state index contributed by atoms with van der Waals surface area (Å²) in [7, 11) is 0. The van der Waals surface area contributed by atoms with E-state index in [1.165, 1.54) is 4.68 Å². The van der Waals surface area contributed by atoms with Gasteiger partial charge in [-0.3, -0.25) is 19.8 Å². The fourth-order valence-electron chi connectivity index (χ4n) is 3.66. The Balaban J connectivity index is 1.64. The molecule has 3 aromatic carbocycles. The monoisotopic (exact) mass is 596 g/mol. The second kappa shape index (κ2) is 10.5. The van der Waals surface area contributed by atoms with Crippen LogP contribution in [0.25, 0.3) is 10.9 Å². The van der Waals surface area contributed by atoms with E-state index in [9.17, 15) is 14.4 Å². The molecule has 0 aliphatic carbocycles. The molecule has 0 spiro atoms. The summed E-state index contributed by atoms with van der Waals surface area (Å²) in [5.74, 6) is -2.18. The number of hydrogen-bond donors (Lipinski definition) is 3. The van der Waals surface area contributed by atoms with Gasteiger partial charge in [0.05, 0.1) is 11.2 Å². The van der Waals surface area contributed by atoms with Crippen LogP contribution in [0.1, 0.15) is 28.5 Å². The molecule has 0 aliphatic heterocycles. The number of nitrogens with zero attached hydrogens (tertiary/aromatic N) is 1. The van der Waals surface area contributed by atoms with E-state index >= 15 is 0 Å². The number of fused-ring (bicyclic) bond motifs is 1. The van der Waals surface area contributed by atoms with E-state index in [2.05, 4.69) is 47.9 Å². The maximum Gasteiger partial charge on any atom is 0.328 e. The number of benzene rings is 3. The van der Waals surface area contributed by atoms with Gasteiger partial charge in [0.1, 0.15) is 5.69 Å². The SMILES string of the molecule is CCc1ccccc1NC(=O)C(=O)Nn1c(C(=O)Nc2ccc(C)cc2Br)cc2cc(Br)ccc21. The number of nitrogens with one attached hydrogen (secondary N) is 3. The second-order valence-corrected chi connectivity index (χ2v) is 9.68. The molecule has 0 bridgehead atoms. The predicted octanol–water partition coefficient (Wildman–Crippen LogP) is 6.00. The van der Waals surface area contributed by atoms with Gasteiger partial charge >= 0.3 is 11.8 Å². The molecule has 3 amide bonds. The zero-order valence-electron chi connectivity index (χ0n) is 19.0. The van der Waals surface area contributed by atoms with E-state index in [0.717, 1.165) is 20.1 Å². The van der Waals surface area contributed by atoms with E-state index in [-0.39, 0.29) is 5.69 Å². The van der Waals surface area contributed by atoms with Crippen molar-refractivity contribution in [1.29, 1.82) is 0 Å². The molecule has 1 heterocycles. The van der Waals surface area contributed by atoms with Crippen molar-refractivity contribution >= 4 is 71.9 Å². The molecular weight excluding hydrogens is 576 g/mol. The van der Waals surface area contributed by atoms with Crippen molar-refractivity contribution in [1.82, 2.24) is 4.68 Å². The number of aromatic nitrogens is 1. The molecule has 0 aliphatic rings. The normalized spacial score (nSPS) is 10.7. The molecule has 0 atom stereocenters. The second-order valence-electron chi connectivity index (χ2n) is 7.91. The standard InChI is InChI=1S/C26H22Br2N4O3/c1-3-16-6-4-5-7-20(16)29-25(34)26(35)31-32-22-11-9-18(27)13-17(22)14-23(32)24(33)30-21-10-8-15(2)12-19(21)28/h4-14H,3H2,1-2H3,(H,29,34)(H,30,33)(H,31,35). The minimum absolute atomic E-state index is 0.167. The van der Waals surface area contributed by atoms with Gasteiger partial charge in [-0.05, 0) is 82.9 Å². The van der Waals surface area contributed by atoms with Crippen molar-refractivity contribution in [3.8, 4) is 0 Å². The third-order valence-corrected chi connectivity index (χ3v) is 6.58. The van der Waals surface area contributed by atoms with E-state index in [1.54, 1.807) is 36.4 Å². The summed E-state index contributed by atoms with van der Waals surface area (Å²) in [5.41, 5.74) is 6.41. The highest BCUT2D eigenvalue weighted by atomic mass is 79.9. The first-order valence-electron chi connectivity index (χ1n) is 10.9. The minimum atomic E-state index is -0.901. The van der Waals surface area contributed by atoms with Crippen molar-refractivity contribution in [3.63, 3.8) is 0 Å². The van der Waals surface area contributed by atoms with E-state index < -0.39 is 17.7 Å². The molecule has 9 heteroatoms. The van der Waals surface area contributed by atoms with Crippen LogP contribution in [0.4, 0.5) is 11.4 Å². The average molecular weight is 598 g/mol. The fraction of sp³-hybridized carbons (Fsp3) is 0.115. The molecular formula is C26H22Br2N4O3. The molecule has 178 valence electrons. The van der Waals surface area contributed by atoms with Gasteiger partial charge in [0, 0.05) is 20.0 Å². The molecule has 0 fully saturated rings. The third-order valence-electron chi connectivity index (χ3n) is 5.44. The number of carbonyl (C=O) groups excluding carboxylic acids is 3. The Morgan fingerprint density at radius 2 is 1.63 bits per heavy atom. The van der Waals surface area contributed by atoms with E-state index in [1.807, 2.05) is 44.2 Å². The largest absolute Gasteiger partial charge is 0.328 e. The number of carbonyl (C=O) groups is 3. The number of rotatable bonds is 5. The van der Waals surface area contributed by atoms with Crippen molar-refractivity contribution in [2.24, 2.45) is 0 Å². The molecule has 4 aromatic rings. The zero-order valence-corrected chi connectivity index (χ0v) is 22.2. The van der Waals surface area contributed by atoms with Gasteiger partial charge < -0.3 is 10.6 Å². The lowest BCUT2D eigenvalue weighted by atomic mass is 10.1. The number of halogens is 2. The Labute approximate surface area is 219 Å². The summed E-state index contributed by atoms with van der Waals surface area (Å²) in [5, 5.41) is 6.22. The van der Waals surface area contributed by atoms with Crippen molar-refractivity contribution in [2.75, 3.05) is 16.1 Å². The van der Waals surface area contributed by atoms with Gasteiger partial charge in [-0.15, -0.1) is 0 Å². The number of amides is 3. The average Bonchev–Trinajstić information content (AvgIpc) is 3.18. The highest BCUT2D eigenvalue weighted by Crippen LogP contribution is 2.27. The molecule has 35 heavy (non-hydrogen) atoms. The highest BCUT2D eigenvalue weighted by Gasteiger charge is 2.22. The van der Waals surface area contributed by atoms with E-state index in [0.29, 0.717) is 28.7 Å². The number of hydrogen-bond acceptors (Lipinski definition) is 3. The Bertz CT molecular complexity index is 1460. The first-order valence-corrected chi connectivity index (χ1v) is 12.4. The summed E-state index contributed by atoms with van der Waals surface area (Å²) in [4.78, 5) is 38.8. The van der Waals surface area contributed by atoms with Crippen LogP contribution >= 0.6 is 31.9 Å². The predicted molar refractivity (Wildman–Crippen MR) is 145 cm³/mol. The van der Waals surface area contributed by atoms with Gasteiger partial charge in [0.25, 0.3) is 5.91 Å². The maximum absolute atomic E-state index is 13.2. The fourth-order valence-corrected chi connectivity index (χ4v) is 4.63. The minimum Gasteiger partial charge on any atom is -0.320 e. The molecule has 0 radical (unpaired) electrons. The van der Waals surface area contributed by atoms with Crippen LogP contribution < -0.4 is 16.1 Å².